The quantitative estimate of drug-likeness (QED) is 0.628. The van der Waals surface area contributed by atoms with Gasteiger partial charge in [0.15, 0.2) is 0 Å². The number of rotatable bonds is 5. The lowest BCUT2D eigenvalue weighted by Gasteiger charge is -2.23. The van der Waals surface area contributed by atoms with Gasteiger partial charge in [0.1, 0.15) is 6.10 Å². The van der Waals surface area contributed by atoms with Crippen LogP contribution in [0.3, 0.4) is 0 Å². The molecule has 1 amide bonds. The van der Waals surface area contributed by atoms with E-state index < -0.39 is 12.1 Å². The number of amides is 1. The van der Waals surface area contributed by atoms with Crippen LogP contribution in [0, 0.1) is 0 Å². The van der Waals surface area contributed by atoms with Gasteiger partial charge in [-0.2, -0.15) is 0 Å². The predicted octanol–water partition coefficient (Wildman–Crippen LogP) is 2.39. The highest BCUT2D eigenvalue weighted by atomic mass is 16.3. The van der Waals surface area contributed by atoms with E-state index in [0.29, 0.717) is 16.8 Å². The van der Waals surface area contributed by atoms with E-state index >= 15 is 0 Å². The highest BCUT2D eigenvalue weighted by Gasteiger charge is 2.23. The molecule has 25 heavy (non-hydrogen) atoms. The molecule has 0 spiro atoms. The van der Waals surface area contributed by atoms with Crippen molar-refractivity contribution < 1.29 is 15.0 Å². The number of nitrogen functional groups attached to an aromatic ring is 1. The minimum Gasteiger partial charge on any atom is -0.399 e. The molecule has 5 N–H and O–H groups in total. The molecule has 0 aliphatic heterocycles. The van der Waals surface area contributed by atoms with E-state index in [-0.39, 0.29) is 17.9 Å². The van der Waals surface area contributed by atoms with Gasteiger partial charge in [-0.3, -0.25) is 4.79 Å². The largest absolute Gasteiger partial charge is 0.399 e. The van der Waals surface area contributed by atoms with Crippen LogP contribution in [0.2, 0.25) is 0 Å². The van der Waals surface area contributed by atoms with Crippen LogP contribution in [0.5, 0.6) is 0 Å². The van der Waals surface area contributed by atoms with Gasteiger partial charge in [0.2, 0.25) is 0 Å². The molecule has 0 heterocycles. The Labute approximate surface area is 148 Å². The van der Waals surface area contributed by atoms with Crippen LogP contribution in [0.1, 0.15) is 48.4 Å². The third-order valence-corrected chi connectivity index (χ3v) is 4.19. The van der Waals surface area contributed by atoms with E-state index in [4.69, 9.17) is 5.73 Å². The summed E-state index contributed by atoms with van der Waals surface area (Å²) >= 11 is 0. The molecule has 2 aromatic carbocycles. The predicted molar refractivity (Wildman–Crippen MR) is 99.3 cm³/mol. The van der Waals surface area contributed by atoms with Crippen molar-refractivity contribution in [2.75, 3.05) is 12.3 Å². The molecule has 5 heteroatoms. The molecule has 0 saturated heterocycles. The Morgan fingerprint density at radius 1 is 1.08 bits per heavy atom. The molecule has 2 unspecified atom stereocenters. The number of carbonyl (C=O) groups is 1. The summed E-state index contributed by atoms with van der Waals surface area (Å²) in [5.41, 5.74) is 8.42. The second-order valence-electron chi connectivity index (χ2n) is 7.20. The van der Waals surface area contributed by atoms with Crippen molar-refractivity contribution in [2.24, 2.45) is 0 Å². The van der Waals surface area contributed by atoms with Crippen molar-refractivity contribution in [1.82, 2.24) is 5.32 Å². The third-order valence-electron chi connectivity index (χ3n) is 4.19. The molecule has 2 aromatic rings. The first-order valence-electron chi connectivity index (χ1n) is 8.28. The topological polar surface area (TPSA) is 95.6 Å². The summed E-state index contributed by atoms with van der Waals surface area (Å²) in [6.07, 6.45) is -1.02. The van der Waals surface area contributed by atoms with Gasteiger partial charge in [0.05, 0.1) is 12.6 Å². The van der Waals surface area contributed by atoms with E-state index in [1.54, 1.807) is 36.4 Å². The molecule has 2 atom stereocenters. The van der Waals surface area contributed by atoms with Crippen LogP contribution in [-0.4, -0.2) is 28.8 Å². The smallest absolute Gasteiger partial charge is 0.251 e. The lowest BCUT2D eigenvalue weighted by molar-refractivity contribution is 0.0703. The van der Waals surface area contributed by atoms with Crippen LogP contribution >= 0.6 is 0 Å². The molecule has 2 rings (SSSR count). The second kappa shape index (κ2) is 7.68. The number of aliphatic hydroxyl groups excluding tert-OH is 2. The summed E-state index contributed by atoms with van der Waals surface area (Å²) in [5, 5.41) is 22.6. The molecule has 134 valence electrons. The lowest BCUT2D eigenvalue weighted by atomic mass is 9.86. The van der Waals surface area contributed by atoms with Crippen LogP contribution in [0.4, 0.5) is 5.69 Å². The van der Waals surface area contributed by atoms with Crippen molar-refractivity contribution >= 4 is 11.6 Å². The zero-order valence-corrected chi connectivity index (χ0v) is 14.9. The zero-order valence-electron chi connectivity index (χ0n) is 14.9. The summed E-state index contributed by atoms with van der Waals surface area (Å²) in [7, 11) is 0. The first kappa shape index (κ1) is 19.0. The Morgan fingerprint density at radius 3 is 2.12 bits per heavy atom. The first-order valence-corrected chi connectivity index (χ1v) is 8.28. The van der Waals surface area contributed by atoms with Gasteiger partial charge >= 0.3 is 0 Å². The highest BCUT2D eigenvalue weighted by Crippen LogP contribution is 2.22. The maximum absolute atomic E-state index is 12.4. The van der Waals surface area contributed by atoms with Crippen LogP contribution in [-0.2, 0) is 5.41 Å². The monoisotopic (exact) mass is 342 g/mol. The lowest BCUT2D eigenvalue weighted by Crippen LogP contribution is -2.42. The Morgan fingerprint density at radius 2 is 1.64 bits per heavy atom. The standard InChI is InChI=1S/C20H26N2O3/c1-20(2,3)15-8-4-14(5-9-15)19(25)22-17(12-23)18(24)13-6-10-16(21)11-7-13/h4-11,17-18,23-24H,12,21H2,1-3H3,(H,22,25). The summed E-state index contributed by atoms with van der Waals surface area (Å²) < 4.78 is 0. The van der Waals surface area contributed by atoms with E-state index in [0.717, 1.165) is 5.56 Å². The number of nitrogens with one attached hydrogen (secondary N) is 1. The van der Waals surface area contributed by atoms with E-state index in [2.05, 4.69) is 26.1 Å². The van der Waals surface area contributed by atoms with Gasteiger partial charge < -0.3 is 21.3 Å². The van der Waals surface area contributed by atoms with Crippen LogP contribution in [0.15, 0.2) is 48.5 Å². The normalized spacial score (nSPS) is 14.0. The first-order chi connectivity index (χ1) is 11.7. The van der Waals surface area contributed by atoms with Crippen LogP contribution < -0.4 is 11.1 Å². The van der Waals surface area contributed by atoms with Gasteiger partial charge in [0, 0.05) is 11.3 Å². The number of carbonyl (C=O) groups excluding carboxylic acids is 1. The molecule has 5 nitrogen and oxygen atoms in total. The summed E-state index contributed by atoms with van der Waals surface area (Å²) in [6.45, 7) is 5.93. The minimum absolute atomic E-state index is 0.00793. The second-order valence-corrected chi connectivity index (χ2v) is 7.20. The molecular formula is C20H26N2O3. The molecular weight excluding hydrogens is 316 g/mol. The van der Waals surface area contributed by atoms with Crippen molar-refractivity contribution in [3.05, 3.63) is 65.2 Å². The van der Waals surface area contributed by atoms with Crippen molar-refractivity contribution in [3.63, 3.8) is 0 Å². The number of hydrogen-bond acceptors (Lipinski definition) is 4. The highest BCUT2D eigenvalue weighted by molar-refractivity contribution is 5.94. The van der Waals surface area contributed by atoms with Crippen LogP contribution in [0.25, 0.3) is 0 Å². The Balaban J connectivity index is 2.10. The summed E-state index contributed by atoms with van der Waals surface area (Å²) in [4.78, 5) is 12.4. The summed E-state index contributed by atoms with van der Waals surface area (Å²) in [6, 6.07) is 13.2. The molecule has 0 bridgehead atoms. The average molecular weight is 342 g/mol. The van der Waals surface area contributed by atoms with Crippen molar-refractivity contribution in [3.8, 4) is 0 Å². The SMILES string of the molecule is CC(C)(C)c1ccc(C(=O)NC(CO)C(O)c2ccc(N)cc2)cc1. The van der Waals surface area contributed by atoms with Gasteiger partial charge in [-0.05, 0) is 40.8 Å². The number of aliphatic hydroxyl groups is 2. The number of nitrogens with two attached hydrogens (primary N) is 1. The fourth-order valence-electron chi connectivity index (χ4n) is 2.52. The Bertz CT molecular complexity index is 703. The minimum atomic E-state index is -1.02. The fraction of sp³-hybridized carbons (Fsp3) is 0.350. The number of anilines is 1. The maximum atomic E-state index is 12.4. The summed E-state index contributed by atoms with van der Waals surface area (Å²) in [5.74, 6) is -0.339. The van der Waals surface area contributed by atoms with Gasteiger partial charge in [-0.15, -0.1) is 0 Å². The van der Waals surface area contributed by atoms with Crippen molar-refractivity contribution in [1.29, 1.82) is 0 Å². The van der Waals surface area contributed by atoms with E-state index in [1.807, 2.05) is 12.1 Å². The molecule has 0 aliphatic rings. The van der Waals surface area contributed by atoms with Gasteiger partial charge in [-0.25, -0.2) is 0 Å². The van der Waals surface area contributed by atoms with Crippen molar-refractivity contribution in [2.45, 2.75) is 38.3 Å². The number of hydrogen-bond donors (Lipinski definition) is 4. The zero-order chi connectivity index (χ0) is 18.6. The van der Waals surface area contributed by atoms with Gasteiger partial charge in [0.25, 0.3) is 5.91 Å². The molecule has 0 radical (unpaired) electrons. The Hall–Kier alpha value is -2.37. The average Bonchev–Trinajstić information content (AvgIpc) is 2.59. The molecule has 0 fully saturated rings. The maximum Gasteiger partial charge on any atom is 0.251 e. The number of benzene rings is 2. The Kier molecular flexibility index (Phi) is 5.82. The van der Waals surface area contributed by atoms with Gasteiger partial charge in [-0.1, -0.05) is 45.0 Å². The molecule has 0 aliphatic carbocycles. The third kappa shape index (κ3) is 4.81. The van der Waals surface area contributed by atoms with E-state index in [9.17, 15) is 15.0 Å². The molecule has 0 aromatic heterocycles. The van der Waals surface area contributed by atoms with E-state index in [1.165, 1.54) is 0 Å². The fourth-order valence-corrected chi connectivity index (χ4v) is 2.52. The molecule has 0 saturated carbocycles.